The van der Waals surface area contributed by atoms with Crippen LogP contribution in [-0.2, 0) is 4.79 Å². The Hall–Kier alpha value is -1.96. The Morgan fingerprint density at radius 1 is 1.40 bits per heavy atom. The van der Waals surface area contributed by atoms with E-state index in [-0.39, 0.29) is 34.2 Å². The summed E-state index contributed by atoms with van der Waals surface area (Å²) in [5, 5.41) is 15.8. The van der Waals surface area contributed by atoms with Gasteiger partial charge in [-0.15, -0.1) is 0 Å². The second-order valence-electron chi connectivity index (χ2n) is 4.33. The molecule has 0 bridgehead atoms. The van der Waals surface area contributed by atoms with Gasteiger partial charge in [-0.2, -0.15) is 0 Å². The molecular formula is C12H14BrN3O4. The molecule has 0 atom stereocenters. The van der Waals surface area contributed by atoms with Crippen molar-refractivity contribution in [3.05, 3.63) is 38.3 Å². The largest absolute Gasteiger partial charge is 0.352 e. The molecule has 0 aromatic heterocycles. The molecule has 1 rings (SSSR count). The molecule has 0 aliphatic carbocycles. The number of hydrogen-bond donors (Lipinski definition) is 2. The number of carbonyl (C=O) groups excluding carboxylic acids is 2. The van der Waals surface area contributed by atoms with Crippen molar-refractivity contribution in [1.29, 1.82) is 0 Å². The summed E-state index contributed by atoms with van der Waals surface area (Å²) in [6.07, 6.45) is 0. The van der Waals surface area contributed by atoms with E-state index in [0.29, 0.717) is 0 Å². The molecule has 0 unspecified atom stereocenters. The number of halogens is 1. The number of amides is 2. The van der Waals surface area contributed by atoms with E-state index in [2.05, 4.69) is 26.6 Å². The lowest BCUT2D eigenvalue weighted by Crippen LogP contribution is -2.39. The van der Waals surface area contributed by atoms with Crippen molar-refractivity contribution < 1.29 is 14.5 Å². The van der Waals surface area contributed by atoms with Crippen LogP contribution in [0.1, 0.15) is 24.2 Å². The molecule has 0 heterocycles. The highest BCUT2D eigenvalue weighted by molar-refractivity contribution is 9.10. The van der Waals surface area contributed by atoms with Crippen LogP contribution in [0, 0.1) is 10.1 Å². The Balaban J connectivity index is 2.71. The van der Waals surface area contributed by atoms with Crippen LogP contribution in [0.5, 0.6) is 0 Å². The number of rotatable bonds is 5. The van der Waals surface area contributed by atoms with Gasteiger partial charge in [0.05, 0.1) is 15.9 Å². The highest BCUT2D eigenvalue weighted by Crippen LogP contribution is 2.25. The average Bonchev–Trinajstić information content (AvgIpc) is 2.35. The third kappa shape index (κ3) is 4.61. The zero-order valence-electron chi connectivity index (χ0n) is 11.0. The quantitative estimate of drug-likeness (QED) is 0.626. The van der Waals surface area contributed by atoms with Gasteiger partial charge < -0.3 is 10.6 Å². The van der Waals surface area contributed by atoms with Crippen molar-refractivity contribution >= 4 is 33.4 Å². The standard InChI is InChI=1S/C12H14BrN3O4/c1-7(2)15-11(17)6-14-12(18)8-3-4-9(13)10(5-8)16(19)20/h3-5,7H,6H2,1-2H3,(H,14,18)(H,15,17). The van der Waals surface area contributed by atoms with E-state index in [1.54, 1.807) is 13.8 Å². The van der Waals surface area contributed by atoms with Crippen molar-refractivity contribution in [1.82, 2.24) is 10.6 Å². The lowest BCUT2D eigenvalue weighted by Gasteiger charge is -2.09. The third-order valence-electron chi connectivity index (χ3n) is 2.26. The third-order valence-corrected chi connectivity index (χ3v) is 2.93. The maximum absolute atomic E-state index is 11.8. The zero-order chi connectivity index (χ0) is 15.3. The Kier molecular flexibility index (Phi) is 5.63. The normalized spacial score (nSPS) is 10.2. The van der Waals surface area contributed by atoms with Crippen LogP contribution in [0.25, 0.3) is 0 Å². The molecule has 7 nitrogen and oxygen atoms in total. The first-order valence-corrected chi connectivity index (χ1v) is 6.62. The van der Waals surface area contributed by atoms with Crippen molar-refractivity contribution in [2.45, 2.75) is 19.9 Å². The molecule has 20 heavy (non-hydrogen) atoms. The highest BCUT2D eigenvalue weighted by atomic mass is 79.9. The molecule has 2 N–H and O–H groups in total. The summed E-state index contributed by atoms with van der Waals surface area (Å²) in [5.74, 6) is -0.862. The van der Waals surface area contributed by atoms with E-state index in [0.717, 1.165) is 6.07 Å². The average molecular weight is 344 g/mol. The summed E-state index contributed by atoms with van der Waals surface area (Å²) in [6, 6.07) is 3.99. The molecule has 0 fully saturated rings. The molecule has 0 saturated heterocycles. The van der Waals surface area contributed by atoms with Crippen LogP contribution in [-0.4, -0.2) is 29.3 Å². The fraction of sp³-hybridized carbons (Fsp3) is 0.333. The number of nitrogens with zero attached hydrogens (tertiary/aromatic N) is 1. The van der Waals surface area contributed by atoms with Gasteiger partial charge in [-0.05, 0) is 41.9 Å². The minimum atomic E-state index is -0.591. The molecular weight excluding hydrogens is 330 g/mol. The van der Waals surface area contributed by atoms with Gasteiger partial charge in [0.15, 0.2) is 0 Å². The summed E-state index contributed by atoms with van der Waals surface area (Å²) < 4.78 is 0.289. The molecule has 0 aliphatic heterocycles. The van der Waals surface area contributed by atoms with Crippen LogP contribution in [0.15, 0.2) is 22.7 Å². The van der Waals surface area contributed by atoms with Crippen LogP contribution < -0.4 is 10.6 Å². The predicted octanol–water partition coefficient (Wildman–Crippen LogP) is 1.61. The van der Waals surface area contributed by atoms with Crippen molar-refractivity contribution in [2.75, 3.05) is 6.54 Å². The Bertz CT molecular complexity index is 546. The van der Waals surface area contributed by atoms with Gasteiger partial charge in [0.1, 0.15) is 0 Å². The molecule has 0 aliphatic rings. The zero-order valence-corrected chi connectivity index (χ0v) is 12.6. The van der Waals surface area contributed by atoms with Gasteiger partial charge in [0.25, 0.3) is 11.6 Å². The SMILES string of the molecule is CC(C)NC(=O)CNC(=O)c1ccc(Br)c([N+](=O)[O-])c1. The number of hydrogen-bond acceptors (Lipinski definition) is 4. The molecule has 0 radical (unpaired) electrons. The minimum absolute atomic E-state index is 0.0202. The van der Waals surface area contributed by atoms with E-state index >= 15 is 0 Å². The summed E-state index contributed by atoms with van der Waals surface area (Å²) >= 11 is 3.03. The summed E-state index contributed by atoms with van der Waals surface area (Å²) in [4.78, 5) is 33.3. The molecule has 108 valence electrons. The number of benzene rings is 1. The highest BCUT2D eigenvalue weighted by Gasteiger charge is 2.16. The Morgan fingerprint density at radius 3 is 2.60 bits per heavy atom. The first kappa shape index (κ1) is 16.1. The predicted molar refractivity (Wildman–Crippen MR) is 76.4 cm³/mol. The molecule has 2 amide bonds. The topological polar surface area (TPSA) is 101 Å². The minimum Gasteiger partial charge on any atom is -0.352 e. The van der Waals surface area contributed by atoms with Crippen molar-refractivity contribution in [2.24, 2.45) is 0 Å². The van der Waals surface area contributed by atoms with Crippen molar-refractivity contribution in [3.63, 3.8) is 0 Å². The van der Waals surface area contributed by atoms with Crippen LogP contribution in [0.2, 0.25) is 0 Å². The lowest BCUT2D eigenvalue weighted by molar-refractivity contribution is -0.385. The first-order valence-electron chi connectivity index (χ1n) is 5.82. The van der Waals surface area contributed by atoms with E-state index in [4.69, 9.17) is 0 Å². The molecule has 1 aromatic rings. The lowest BCUT2D eigenvalue weighted by atomic mass is 10.2. The van der Waals surface area contributed by atoms with Gasteiger partial charge in [-0.25, -0.2) is 0 Å². The fourth-order valence-electron chi connectivity index (χ4n) is 1.43. The van der Waals surface area contributed by atoms with E-state index in [1.165, 1.54) is 12.1 Å². The van der Waals surface area contributed by atoms with E-state index in [9.17, 15) is 19.7 Å². The van der Waals surface area contributed by atoms with E-state index < -0.39 is 10.8 Å². The first-order chi connectivity index (χ1) is 9.31. The number of nitro groups is 1. The fourth-order valence-corrected chi connectivity index (χ4v) is 1.82. The summed E-state index contributed by atoms with van der Waals surface area (Å²) in [5.41, 5.74) is -0.0819. The maximum atomic E-state index is 11.8. The number of nitrogens with one attached hydrogen (secondary N) is 2. The Morgan fingerprint density at radius 2 is 2.05 bits per heavy atom. The monoisotopic (exact) mass is 343 g/mol. The van der Waals surface area contributed by atoms with Crippen LogP contribution in [0.4, 0.5) is 5.69 Å². The molecule has 0 spiro atoms. The van der Waals surface area contributed by atoms with Gasteiger partial charge in [0.2, 0.25) is 5.91 Å². The van der Waals surface area contributed by atoms with Gasteiger partial charge in [-0.1, -0.05) is 0 Å². The summed E-state index contributed by atoms with van der Waals surface area (Å²) in [7, 11) is 0. The van der Waals surface area contributed by atoms with Gasteiger partial charge in [-0.3, -0.25) is 19.7 Å². The molecule has 8 heteroatoms. The van der Waals surface area contributed by atoms with Crippen molar-refractivity contribution in [3.8, 4) is 0 Å². The molecule has 0 saturated carbocycles. The molecule has 1 aromatic carbocycles. The number of nitro benzene ring substituents is 1. The summed E-state index contributed by atoms with van der Waals surface area (Å²) in [6.45, 7) is 3.43. The van der Waals surface area contributed by atoms with Gasteiger partial charge in [0, 0.05) is 17.7 Å². The van der Waals surface area contributed by atoms with Crippen LogP contribution >= 0.6 is 15.9 Å². The van der Waals surface area contributed by atoms with Gasteiger partial charge >= 0.3 is 0 Å². The van der Waals surface area contributed by atoms with E-state index in [1.807, 2.05) is 0 Å². The maximum Gasteiger partial charge on any atom is 0.284 e. The second kappa shape index (κ2) is 6.99. The van der Waals surface area contributed by atoms with Crippen LogP contribution in [0.3, 0.4) is 0 Å². The smallest absolute Gasteiger partial charge is 0.284 e. The second-order valence-corrected chi connectivity index (χ2v) is 5.18. The number of carbonyl (C=O) groups is 2. The Labute approximate surface area is 124 Å².